The normalized spacial score (nSPS) is 18.2. The summed E-state index contributed by atoms with van der Waals surface area (Å²) in [6.07, 6.45) is 0. The Kier molecular flexibility index (Phi) is 4.66. The molecule has 1 N–H and O–H groups in total. The molecule has 1 fully saturated rings. The van der Waals surface area contributed by atoms with Crippen molar-refractivity contribution in [3.8, 4) is 0 Å². The van der Waals surface area contributed by atoms with Gasteiger partial charge in [0.25, 0.3) is 5.91 Å². The van der Waals surface area contributed by atoms with Crippen LogP contribution in [0, 0.1) is 5.82 Å². The van der Waals surface area contributed by atoms with Crippen LogP contribution < -0.4 is 5.32 Å². The van der Waals surface area contributed by atoms with Crippen LogP contribution in [0.4, 0.5) is 4.39 Å². The highest BCUT2D eigenvalue weighted by Crippen LogP contribution is 2.25. The lowest BCUT2D eigenvalue weighted by Crippen LogP contribution is -2.48. The number of aromatic nitrogens is 2. The summed E-state index contributed by atoms with van der Waals surface area (Å²) in [4.78, 5) is 14.8. The molecule has 0 radical (unpaired) electrons. The fourth-order valence-corrected chi connectivity index (χ4v) is 3.23. The molecule has 1 saturated heterocycles. The Morgan fingerprint density at radius 2 is 2.17 bits per heavy atom. The Labute approximate surface area is 141 Å². The summed E-state index contributed by atoms with van der Waals surface area (Å²) in [5.41, 5.74) is 2.27. The van der Waals surface area contributed by atoms with Crippen molar-refractivity contribution in [1.29, 1.82) is 0 Å². The maximum atomic E-state index is 13.6. The van der Waals surface area contributed by atoms with Crippen molar-refractivity contribution in [3.05, 3.63) is 53.1 Å². The zero-order valence-electron chi connectivity index (χ0n) is 14.3. The molecule has 0 bridgehead atoms. The fourth-order valence-electron chi connectivity index (χ4n) is 3.23. The van der Waals surface area contributed by atoms with E-state index in [1.165, 1.54) is 12.1 Å². The minimum Gasteiger partial charge on any atom is -0.328 e. The molecule has 3 rings (SSSR count). The third-order valence-corrected chi connectivity index (χ3v) is 4.46. The number of hydrogen-bond donors (Lipinski definition) is 1. The smallest absolute Gasteiger partial charge is 0.274 e. The molecule has 1 amide bonds. The Bertz CT molecular complexity index is 740. The summed E-state index contributed by atoms with van der Waals surface area (Å²) in [6.45, 7) is 6.06. The van der Waals surface area contributed by atoms with Gasteiger partial charge in [0.2, 0.25) is 0 Å². The van der Waals surface area contributed by atoms with Gasteiger partial charge < -0.3 is 10.2 Å². The average Bonchev–Trinajstić information content (AvgIpc) is 2.96. The Morgan fingerprint density at radius 1 is 1.38 bits per heavy atom. The number of halogens is 1. The molecule has 1 aromatic heterocycles. The van der Waals surface area contributed by atoms with Gasteiger partial charge in [0, 0.05) is 32.4 Å². The van der Waals surface area contributed by atoms with Crippen LogP contribution >= 0.6 is 0 Å². The van der Waals surface area contributed by atoms with E-state index in [0.29, 0.717) is 24.7 Å². The Hall–Kier alpha value is -2.21. The molecular formula is C18H23FN4O. The summed E-state index contributed by atoms with van der Waals surface area (Å²) in [7, 11) is 1.86. The molecule has 0 spiro atoms. The lowest BCUT2D eigenvalue weighted by atomic mass is 10.0. The van der Waals surface area contributed by atoms with Gasteiger partial charge in [-0.25, -0.2) is 4.39 Å². The number of rotatable bonds is 3. The summed E-state index contributed by atoms with van der Waals surface area (Å²) in [6, 6.07) is 8.12. The standard InChI is InChI=1S/C18H23FN4O/c1-12(2)16-10-15(21-22(16)3)18(24)23-8-7-20-11-17(23)13-5-4-6-14(19)9-13/h4-6,9-10,12,17,20H,7-8,11H2,1-3H3. The van der Waals surface area contributed by atoms with Crippen LogP contribution in [0.25, 0.3) is 0 Å². The fraction of sp³-hybridized carbons (Fsp3) is 0.444. The molecule has 0 aliphatic carbocycles. The third-order valence-electron chi connectivity index (χ3n) is 4.46. The largest absolute Gasteiger partial charge is 0.328 e. The summed E-state index contributed by atoms with van der Waals surface area (Å²) in [5.74, 6) is -0.0928. The number of amides is 1. The number of nitrogens with one attached hydrogen (secondary N) is 1. The summed E-state index contributed by atoms with van der Waals surface area (Å²) < 4.78 is 15.3. The van der Waals surface area contributed by atoms with E-state index in [4.69, 9.17) is 0 Å². The second-order valence-corrected chi connectivity index (χ2v) is 6.51. The minimum atomic E-state index is -0.287. The van der Waals surface area contributed by atoms with Gasteiger partial charge in [-0.2, -0.15) is 5.10 Å². The van der Waals surface area contributed by atoms with Crippen LogP contribution in [0.1, 0.15) is 47.6 Å². The van der Waals surface area contributed by atoms with Gasteiger partial charge in [-0.1, -0.05) is 26.0 Å². The first-order valence-electron chi connectivity index (χ1n) is 8.28. The van der Waals surface area contributed by atoms with E-state index in [0.717, 1.165) is 17.8 Å². The SMILES string of the molecule is CC(C)c1cc(C(=O)N2CCNCC2c2cccc(F)c2)nn1C. The molecule has 0 saturated carbocycles. The van der Waals surface area contributed by atoms with Crippen LogP contribution in [-0.4, -0.2) is 40.2 Å². The predicted molar refractivity (Wildman–Crippen MR) is 90.3 cm³/mol. The number of piperazine rings is 1. The lowest BCUT2D eigenvalue weighted by molar-refractivity contribution is 0.0627. The van der Waals surface area contributed by atoms with Crippen molar-refractivity contribution >= 4 is 5.91 Å². The highest BCUT2D eigenvalue weighted by molar-refractivity contribution is 5.93. The van der Waals surface area contributed by atoms with Crippen LogP contribution in [0.2, 0.25) is 0 Å². The zero-order chi connectivity index (χ0) is 17.3. The molecule has 5 nitrogen and oxygen atoms in total. The highest BCUT2D eigenvalue weighted by Gasteiger charge is 2.30. The molecule has 1 aliphatic rings. The van der Waals surface area contributed by atoms with Gasteiger partial charge in [-0.05, 0) is 29.7 Å². The van der Waals surface area contributed by atoms with E-state index in [-0.39, 0.29) is 17.8 Å². The van der Waals surface area contributed by atoms with Crippen LogP contribution in [0.5, 0.6) is 0 Å². The summed E-state index contributed by atoms with van der Waals surface area (Å²) >= 11 is 0. The van der Waals surface area contributed by atoms with Crippen molar-refractivity contribution in [1.82, 2.24) is 20.0 Å². The maximum Gasteiger partial charge on any atom is 0.274 e. The summed E-state index contributed by atoms with van der Waals surface area (Å²) in [5, 5.41) is 7.67. The second kappa shape index (κ2) is 6.73. The van der Waals surface area contributed by atoms with Crippen molar-refractivity contribution < 1.29 is 9.18 Å². The van der Waals surface area contributed by atoms with E-state index in [9.17, 15) is 9.18 Å². The molecule has 2 aromatic rings. The molecule has 2 heterocycles. The first-order chi connectivity index (χ1) is 11.5. The van der Waals surface area contributed by atoms with E-state index in [1.54, 1.807) is 15.6 Å². The van der Waals surface area contributed by atoms with E-state index in [1.807, 2.05) is 19.2 Å². The number of aryl methyl sites for hydroxylation is 1. The van der Waals surface area contributed by atoms with Crippen LogP contribution in [0.3, 0.4) is 0 Å². The predicted octanol–water partition coefficient (Wildman–Crippen LogP) is 2.47. The Balaban J connectivity index is 1.90. The molecule has 1 aliphatic heterocycles. The first-order valence-corrected chi connectivity index (χ1v) is 8.28. The van der Waals surface area contributed by atoms with Crippen molar-refractivity contribution in [2.75, 3.05) is 19.6 Å². The quantitative estimate of drug-likeness (QED) is 0.940. The van der Waals surface area contributed by atoms with Gasteiger partial charge >= 0.3 is 0 Å². The molecule has 128 valence electrons. The van der Waals surface area contributed by atoms with Crippen molar-refractivity contribution in [2.45, 2.75) is 25.8 Å². The van der Waals surface area contributed by atoms with Gasteiger partial charge in [-0.3, -0.25) is 9.48 Å². The minimum absolute atomic E-state index is 0.103. The van der Waals surface area contributed by atoms with E-state index < -0.39 is 0 Å². The van der Waals surface area contributed by atoms with Crippen LogP contribution in [-0.2, 0) is 7.05 Å². The zero-order valence-corrected chi connectivity index (χ0v) is 14.3. The van der Waals surface area contributed by atoms with Crippen molar-refractivity contribution in [2.24, 2.45) is 7.05 Å². The van der Waals surface area contributed by atoms with Gasteiger partial charge in [-0.15, -0.1) is 0 Å². The molecular weight excluding hydrogens is 307 g/mol. The average molecular weight is 330 g/mol. The number of benzene rings is 1. The molecule has 6 heteroatoms. The van der Waals surface area contributed by atoms with E-state index >= 15 is 0 Å². The van der Waals surface area contributed by atoms with E-state index in [2.05, 4.69) is 24.3 Å². The molecule has 1 aromatic carbocycles. The highest BCUT2D eigenvalue weighted by atomic mass is 19.1. The second-order valence-electron chi connectivity index (χ2n) is 6.51. The van der Waals surface area contributed by atoms with Gasteiger partial charge in [0.1, 0.15) is 5.82 Å². The van der Waals surface area contributed by atoms with Crippen LogP contribution in [0.15, 0.2) is 30.3 Å². The number of carbonyl (C=O) groups excluding carboxylic acids is 1. The number of nitrogens with zero attached hydrogens (tertiary/aromatic N) is 3. The number of carbonyl (C=O) groups is 1. The van der Waals surface area contributed by atoms with Crippen molar-refractivity contribution in [3.63, 3.8) is 0 Å². The lowest BCUT2D eigenvalue weighted by Gasteiger charge is -2.36. The molecule has 1 atom stereocenters. The Morgan fingerprint density at radius 3 is 2.83 bits per heavy atom. The monoisotopic (exact) mass is 330 g/mol. The maximum absolute atomic E-state index is 13.6. The van der Waals surface area contributed by atoms with Gasteiger partial charge in [0.15, 0.2) is 5.69 Å². The van der Waals surface area contributed by atoms with Gasteiger partial charge in [0.05, 0.1) is 6.04 Å². The first kappa shape index (κ1) is 16.6. The number of hydrogen-bond acceptors (Lipinski definition) is 3. The topological polar surface area (TPSA) is 50.2 Å². The molecule has 24 heavy (non-hydrogen) atoms. The third kappa shape index (κ3) is 3.19. The molecule has 1 unspecified atom stereocenters.